The van der Waals surface area contributed by atoms with Crippen LogP contribution in [-0.2, 0) is 20.8 Å². The average molecular weight is 631 g/mol. The lowest BCUT2D eigenvalue weighted by molar-refractivity contribution is -0.137. The highest BCUT2D eigenvalue weighted by Gasteiger charge is 2.36. The molecule has 1 atom stereocenters. The molecule has 1 heterocycles. The van der Waals surface area contributed by atoms with Crippen LogP contribution in [0.5, 0.6) is 0 Å². The third-order valence-corrected chi connectivity index (χ3v) is 8.84. The Balaban J connectivity index is 1.84. The van der Waals surface area contributed by atoms with Crippen LogP contribution in [0, 0.1) is 11.5 Å². The van der Waals surface area contributed by atoms with Gasteiger partial charge in [-0.05, 0) is 76.1 Å². The SMILES string of the molecule is CSC(=Nc1cc(Cl)c(-c2ccc(S(=O)(=O)CCC3CCCN3C(=O)OC(C)(C)C)cc2)c(C(F)(F)F)c1)NC#N. The van der Waals surface area contributed by atoms with Crippen molar-refractivity contribution in [3.63, 3.8) is 0 Å². The molecule has 0 aromatic heterocycles. The Morgan fingerprint density at radius 1 is 1.24 bits per heavy atom. The number of amides is 1. The van der Waals surface area contributed by atoms with Crippen LogP contribution in [0.2, 0.25) is 5.02 Å². The highest BCUT2D eigenvalue weighted by Crippen LogP contribution is 2.43. The van der Waals surface area contributed by atoms with Gasteiger partial charge in [-0.3, -0.25) is 5.32 Å². The van der Waals surface area contributed by atoms with Gasteiger partial charge in [-0.1, -0.05) is 35.5 Å². The number of nitrogens with one attached hydrogen (secondary N) is 1. The van der Waals surface area contributed by atoms with Gasteiger partial charge in [0.1, 0.15) is 5.60 Å². The number of thioether (sulfide) groups is 1. The quantitative estimate of drug-likeness (QED) is 0.158. The summed E-state index contributed by atoms with van der Waals surface area (Å²) in [4.78, 5) is 18.0. The zero-order valence-electron chi connectivity index (χ0n) is 22.9. The summed E-state index contributed by atoms with van der Waals surface area (Å²) in [6.07, 6.45) is -0.425. The van der Waals surface area contributed by atoms with Gasteiger partial charge in [0, 0.05) is 18.2 Å². The highest BCUT2D eigenvalue weighted by molar-refractivity contribution is 8.13. The lowest BCUT2D eigenvalue weighted by Crippen LogP contribution is -2.40. The summed E-state index contributed by atoms with van der Waals surface area (Å²) in [6.45, 7) is 5.75. The number of benzene rings is 2. The van der Waals surface area contributed by atoms with Crippen molar-refractivity contribution in [1.29, 1.82) is 5.26 Å². The first kappa shape index (κ1) is 32.6. The minimum absolute atomic E-state index is 0.0545. The maximum absolute atomic E-state index is 14.0. The van der Waals surface area contributed by atoms with Crippen LogP contribution >= 0.6 is 23.4 Å². The Bertz CT molecular complexity index is 1450. The van der Waals surface area contributed by atoms with E-state index in [4.69, 9.17) is 21.6 Å². The molecule has 0 spiro atoms. The molecule has 0 radical (unpaired) electrons. The van der Waals surface area contributed by atoms with E-state index in [2.05, 4.69) is 10.3 Å². The van der Waals surface area contributed by atoms with Crippen molar-refractivity contribution in [2.75, 3.05) is 18.6 Å². The number of aliphatic imine (C=N–C) groups is 1. The molecule has 3 rings (SSSR count). The van der Waals surface area contributed by atoms with Gasteiger partial charge in [0.05, 0.1) is 26.9 Å². The summed E-state index contributed by atoms with van der Waals surface area (Å²) >= 11 is 7.33. The fourth-order valence-electron chi connectivity index (χ4n) is 4.40. The number of sulfone groups is 1. The van der Waals surface area contributed by atoms with Crippen molar-refractivity contribution < 1.29 is 31.1 Å². The summed E-state index contributed by atoms with van der Waals surface area (Å²) < 4.78 is 73.7. The normalized spacial score (nSPS) is 16.4. The lowest BCUT2D eigenvalue weighted by atomic mass is 9.98. The molecule has 1 saturated heterocycles. The van der Waals surface area contributed by atoms with E-state index in [1.54, 1.807) is 38.1 Å². The fraction of sp³-hybridized carbons (Fsp3) is 0.444. The molecule has 41 heavy (non-hydrogen) atoms. The topological polar surface area (TPSA) is 112 Å². The van der Waals surface area contributed by atoms with Crippen molar-refractivity contribution >= 4 is 50.1 Å². The van der Waals surface area contributed by atoms with Crippen molar-refractivity contribution in [3.05, 3.63) is 47.0 Å². The first-order valence-electron chi connectivity index (χ1n) is 12.6. The Morgan fingerprint density at radius 2 is 1.90 bits per heavy atom. The fourth-order valence-corrected chi connectivity index (χ4v) is 6.43. The Kier molecular flexibility index (Phi) is 10.3. The first-order valence-corrected chi connectivity index (χ1v) is 15.8. The smallest absolute Gasteiger partial charge is 0.417 e. The number of likely N-dealkylation sites (tertiary alicyclic amines) is 1. The van der Waals surface area contributed by atoms with Crippen LogP contribution in [0.15, 0.2) is 46.3 Å². The molecule has 1 amide bonds. The maximum atomic E-state index is 14.0. The Hall–Kier alpha value is -2.95. The molecule has 0 aliphatic carbocycles. The number of ether oxygens (including phenoxy) is 1. The van der Waals surface area contributed by atoms with Gasteiger partial charge in [0.2, 0.25) is 0 Å². The number of carbonyl (C=O) groups is 1. The number of halogens is 4. The van der Waals surface area contributed by atoms with E-state index >= 15 is 0 Å². The second-order valence-electron chi connectivity index (χ2n) is 10.3. The van der Waals surface area contributed by atoms with Gasteiger partial charge >= 0.3 is 12.3 Å². The molecule has 14 heteroatoms. The maximum Gasteiger partial charge on any atom is 0.417 e. The van der Waals surface area contributed by atoms with Crippen LogP contribution in [0.4, 0.5) is 23.7 Å². The predicted molar refractivity (Wildman–Crippen MR) is 154 cm³/mol. The number of nitriles is 1. The Labute approximate surface area is 246 Å². The molecule has 1 N–H and O–H groups in total. The summed E-state index contributed by atoms with van der Waals surface area (Å²) in [6, 6.07) is 6.82. The largest absolute Gasteiger partial charge is 0.444 e. The zero-order chi connectivity index (χ0) is 30.6. The number of nitrogens with zero attached hydrogens (tertiary/aromatic N) is 3. The predicted octanol–water partition coefficient (Wildman–Crippen LogP) is 7.01. The number of hydrogen-bond acceptors (Lipinski definition) is 7. The van der Waals surface area contributed by atoms with Gasteiger partial charge in [-0.25, -0.2) is 18.2 Å². The van der Waals surface area contributed by atoms with Crippen LogP contribution in [0.3, 0.4) is 0 Å². The molecule has 0 saturated carbocycles. The summed E-state index contributed by atoms with van der Waals surface area (Å²) in [5.74, 6) is -0.244. The third-order valence-electron chi connectivity index (χ3n) is 6.19. The Morgan fingerprint density at radius 3 is 2.46 bits per heavy atom. The minimum atomic E-state index is -4.79. The van der Waals surface area contributed by atoms with Gasteiger partial charge < -0.3 is 9.64 Å². The molecule has 1 unspecified atom stereocenters. The van der Waals surface area contributed by atoms with Gasteiger partial charge in [-0.15, -0.1) is 0 Å². The van der Waals surface area contributed by atoms with E-state index in [0.29, 0.717) is 13.0 Å². The molecule has 1 aliphatic heterocycles. The van der Waals surface area contributed by atoms with E-state index in [-0.39, 0.29) is 50.1 Å². The number of rotatable bonds is 6. The van der Waals surface area contributed by atoms with Gasteiger partial charge in [0.25, 0.3) is 0 Å². The molecule has 222 valence electrons. The number of alkyl halides is 3. The molecular weight excluding hydrogens is 601 g/mol. The molecular formula is C27H30ClF3N4O4S2. The van der Waals surface area contributed by atoms with E-state index in [1.807, 2.05) is 0 Å². The summed E-state index contributed by atoms with van der Waals surface area (Å²) in [7, 11) is -3.80. The van der Waals surface area contributed by atoms with E-state index in [9.17, 15) is 26.4 Å². The highest BCUT2D eigenvalue weighted by atomic mass is 35.5. The summed E-state index contributed by atoms with van der Waals surface area (Å²) in [5.41, 5.74) is -2.08. The van der Waals surface area contributed by atoms with Crippen molar-refractivity contribution in [1.82, 2.24) is 10.2 Å². The lowest BCUT2D eigenvalue weighted by Gasteiger charge is -2.28. The van der Waals surface area contributed by atoms with Crippen molar-refractivity contribution in [2.45, 2.75) is 62.7 Å². The van der Waals surface area contributed by atoms with Crippen LogP contribution in [-0.4, -0.2) is 54.8 Å². The molecule has 1 aliphatic rings. The minimum Gasteiger partial charge on any atom is -0.444 e. The van der Waals surface area contributed by atoms with E-state index < -0.39 is 33.3 Å². The molecule has 1 fully saturated rings. The monoisotopic (exact) mass is 630 g/mol. The average Bonchev–Trinajstić information content (AvgIpc) is 3.35. The van der Waals surface area contributed by atoms with Crippen molar-refractivity contribution in [3.8, 4) is 17.3 Å². The van der Waals surface area contributed by atoms with Crippen LogP contribution in [0.1, 0.15) is 45.6 Å². The van der Waals surface area contributed by atoms with E-state index in [1.165, 1.54) is 30.3 Å². The van der Waals surface area contributed by atoms with E-state index in [0.717, 1.165) is 24.2 Å². The van der Waals surface area contributed by atoms with Gasteiger partial charge in [-0.2, -0.15) is 18.4 Å². The van der Waals surface area contributed by atoms with Crippen molar-refractivity contribution in [2.24, 2.45) is 4.99 Å². The summed E-state index contributed by atoms with van der Waals surface area (Å²) in [5, 5.41) is 10.9. The molecule has 2 aromatic rings. The van der Waals surface area contributed by atoms with Crippen LogP contribution in [0.25, 0.3) is 11.1 Å². The standard InChI is InChI=1S/C27H30ClF3N4O4S2/c1-26(2,3)39-25(36)35-12-5-6-19(35)11-13-41(37,38)20-9-7-17(8-10-20)23-21(27(29,30)31)14-18(15-22(23)28)34-24(40-4)33-16-32/h7-10,14-15,19H,5-6,11-13H2,1-4H3,(H,33,34). The third kappa shape index (κ3) is 8.53. The number of amidine groups is 1. The molecule has 8 nitrogen and oxygen atoms in total. The van der Waals surface area contributed by atoms with Gasteiger partial charge in [0.15, 0.2) is 21.2 Å². The second-order valence-corrected chi connectivity index (χ2v) is 13.6. The first-order chi connectivity index (χ1) is 19.1. The zero-order valence-corrected chi connectivity index (χ0v) is 25.3. The number of hydrogen-bond donors (Lipinski definition) is 1. The number of carbonyl (C=O) groups excluding carboxylic acids is 1. The van der Waals surface area contributed by atoms with Crippen LogP contribution < -0.4 is 5.32 Å². The molecule has 0 bridgehead atoms. The molecule has 2 aromatic carbocycles. The second kappa shape index (κ2) is 12.9.